The SMILES string of the molecule is CN(Cc1ccccc1)C1=CC(=[N+]2CCCCC2)CC(C)(C)C1.[I-]. The predicted octanol–water partition coefficient (Wildman–Crippen LogP) is 1.46. The first-order valence-electron chi connectivity index (χ1n) is 9.10. The van der Waals surface area contributed by atoms with E-state index in [4.69, 9.17) is 0 Å². The highest BCUT2D eigenvalue weighted by Crippen LogP contribution is 2.35. The van der Waals surface area contributed by atoms with E-state index in [0.717, 1.165) is 6.54 Å². The van der Waals surface area contributed by atoms with Crippen LogP contribution in [0.15, 0.2) is 42.1 Å². The molecular weight excluding hydrogens is 407 g/mol. The Morgan fingerprint density at radius 1 is 1.00 bits per heavy atom. The summed E-state index contributed by atoms with van der Waals surface area (Å²) in [4.78, 5) is 2.44. The van der Waals surface area contributed by atoms with Gasteiger partial charge in [-0.05, 0) is 23.8 Å². The van der Waals surface area contributed by atoms with Gasteiger partial charge in [0, 0.05) is 44.6 Å². The van der Waals surface area contributed by atoms with Gasteiger partial charge in [-0.1, -0.05) is 44.2 Å². The second-order valence-electron chi connectivity index (χ2n) is 8.03. The van der Waals surface area contributed by atoms with Crippen molar-refractivity contribution in [3.05, 3.63) is 47.7 Å². The number of rotatable bonds is 3. The van der Waals surface area contributed by atoms with Gasteiger partial charge in [-0.3, -0.25) is 0 Å². The molecule has 2 nitrogen and oxygen atoms in total. The van der Waals surface area contributed by atoms with Gasteiger partial charge in [0.2, 0.25) is 0 Å². The van der Waals surface area contributed by atoms with Crippen molar-refractivity contribution >= 4 is 5.71 Å². The standard InChI is InChI=1S/C21H31N2.HI/c1-21(2)15-19(22(3)17-18-10-6-4-7-11-18)14-20(16-21)23-12-8-5-9-13-23;/h4,6-7,10-11,14H,5,8-9,12-13,15-17H2,1-3H3;1H/q+1;/p-1. The first-order valence-corrected chi connectivity index (χ1v) is 9.10. The molecule has 0 saturated carbocycles. The van der Waals surface area contributed by atoms with Crippen LogP contribution in [0.2, 0.25) is 0 Å². The topological polar surface area (TPSA) is 6.25 Å². The predicted molar refractivity (Wildman–Crippen MR) is 97.9 cm³/mol. The molecule has 0 radical (unpaired) electrons. The number of piperidine rings is 1. The summed E-state index contributed by atoms with van der Waals surface area (Å²) in [6, 6.07) is 10.8. The molecule has 0 aromatic heterocycles. The van der Waals surface area contributed by atoms with Crippen molar-refractivity contribution in [3.8, 4) is 0 Å². The summed E-state index contributed by atoms with van der Waals surface area (Å²) in [6.07, 6.45) is 8.99. The van der Waals surface area contributed by atoms with Gasteiger partial charge in [-0.15, -0.1) is 0 Å². The molecule has 1 aliphatic heterocycles. The highest BCUT2D eigenvalue weighted by Gasteiger charge is 2.32. The normalized spacial score (nSPS) is 20.2. The molecule has 1 saturated heterocycles. The average Bonchev–Trinajstić information content (AvgIpc) is 2.55. The summed E-state index contributed by atoms with van der Waals surface area (Å²) in [6.45, 7) is 8.33. The third kappa shape index (κ3) is 5.08. The zero-order valence-corrected chi connectivity index (χ0v) is 17.6. The maximum absolute atomic E-state index is 2.64. The Balaban J connectivity index is 0.00000208. The lowest BCUT2D eigenvalue weighted by molar-refractivity contribution is -0.538. The number of nitrogens with zero attached hydrogens (tertiary/aromatic N) is 2. The minimum absolute atomic E-state index is 0. The second kappa shape index (κ2) is 8.50. The molecule has 0 amide bonds. The fourth-order valence-corrected chi connectivity index (χ4v) is 3.93. The summed E-state index contributed by atoms with van der Waals surface area (Å²) in [5.74, 6) is 0. The minimum atomic E-state index is 0. The third-order valence-corrected chi connectivity index (χ3v) is 5.17. The molecule has 1 aliphatic carbocycles. The van der Waals surface area contributed by atoms with Crippen LogP contribution in [0.3, 0.4) is 0 Å². The van der Waals surface area contributed by atoms with Gasteiger partial charge in [0.1, 0.15) is 13.1 Å². The highest BCUT2D eigenvalue weighted by atomic mass is 127. The van der Waals surface area contributed by atoms with E-state index in [9.17, 15) is 0 Å². The van der Waals surface area contributed by atoms with Crippen LogP contribution in [-0.2, 0) is 6.54 Å². The van der Waals surface area contributed by atoms with Gasteiger partial charge in [0.25, 0.3) is 0 Å². The van der Waals surface area contributed by atoms with E-state index in [-0.39, 0.29) is 24.0 Å². The third-order valence-electron chi connectivity index (χ3n) is 5.17. The molecule has 1 aromatic rings. The number of halogens is 1. The van der Waals surface area contributed by atoms with Crippen LogP contribution in [0.5, 0.6) is 0 Å². The molecule has 0 unspecified atom stereocenters. The number of hydrogen-bond acceptors (Lipinski definition) is 1. The van der Waals surface area contributed by atoms with E-state index >= 15 is 0 Å². The van der Waals surface area contributed by atoms with Crippen molar-refractivity contribution in [3.63, 3.8) is 0 Å². The number of benzene rings is 1. The Hall–Kier alpha value is -0.840. The first kappa shape index (κ1) is 19.5. The fraction of sp³-hybridized carbons (Fsp3) is 0.571. The fourth-order valence-electron chi connectivity index (χ4n) is 3.93. The lowest BCUT2D eigenvalue weighted by Crippen LogP contribution is -3.00. The lowest BCUT2D eigenvalue weighted by Gasteiger charge is -2.34. The molecule has 132 valence electrons. The van der Waals surface area contributed by atoms with E-state index in [1.807, 2.05) is 0 Å². The van der Waals surface area contributed by atoms with Crippen molar-refractivity contribution in [1.29, 1.82) is 0 Å². The summed E-state index contributed by atoms with van der Waals surface area (Å²) < 4.78 is 2.64. The Morgan fingerprint density at radius 3 is 2.33 bits per heavy atom. The molecule has 2 aliphatic rings. The molecule has 0 atom stereocenters. The number of allylic oxidation sites excluding steroid dienone is 2. The van der Waals surface area contributed by atoms with Gasteiger partial charge in [-0.2, -0.15) is 0 Å². The Kier molecular flexibility index (Phi) is 6.90. The van der Waals surface area contributed by atoms with Crippen LogP contribution in [0.25, 0.3) is 0 Å². The van der Waals surface area contributed by atoms with Crippen molar-refractivity contribution in [2.45, 2.75) is 52.5 Å². The molecule has 0 bridgehead atoms. The summed E-state index contributed by atoms with van der Waals surface area (Å²) >= 11 is 0. The van der Waals surface area contributed by atoms with E-state index in [2.05, 4.69) is 66.8 Å². The van der Waals surface area contributed by atoms with Gasteiger partial charge in [-0.25, -0.2) is 4.58 Å². The highest BCUT2D eigenvalue weighted by molar-refractivity contribution is 5.92. The van der Waals surface area contributed by atoms with Crippen molar-refractivity contribution in [2.75, 3.05) is 20.1 Å². The Bertz CT molecular complexity index is 594. The second-order valence-corrected chi connectivity index (χ2v) is 8.03. The van der Waals surface area contributed by atoms with Gasteiger partial charge < -0.3 is 28.9 Å². The summed E-state index contributed by atoms with van der Waals surface area (Å²) in [7, 11) is 2.24. The van der Waals surface area contributed by atoms with Crippen LogP contribution in [0.4, 0.5) is 0 Å². The Labute approximate surface area is 164 Å². The molecule has 1 heterocycles. The van der Waals surface area contributed by atoms with Gasteiger partial charge in [0.05, 0.1) is 0 Å². The van der Waals surface area contributed by atoms with Crippen LogP contribution in [0, 0.1) is 5.41 Å². The molecule has 3 rings (SSSR count). The minimum Gasteiger partial charge on any atom is -1.00 e. The zero-order chi connectivity index (χ0) is 16.3. The largest absolute Gasteiger partial charge is 1.00 e. The average molecular weight is 438 g/mol. The Morgan fingerprint density at radius 2 is 1.67 bits per heavy atom. The van der Waals surface area contributed by atoms with Crippen LogP contribution in [-0.4, -0.2) is 35.3 Å². The lowest BCUT2D eigenvalue weighted by atomic mass is 9.78. The molecule has 24 heavy (non-hydrogen) atoms. The molecular formula is C21H31IN2. The molecule has 3 heteroatoms. The quantitative estimate of drug-likeness (QED) is 0.512. The molecule has 1 aromatic carbocycles. The zero-order valence-electron chi connectivity index (χ0n) is 15.4. The van der Waals surface area contributed by atoms with Crippen molar-refractivity contribution in [1.82, 2.24) is 4.90 Å². The number of hydrogen-bond donors (Lipinski definition) is 0. The van der Waals surface area contributed by atoms with Crippen LogP contribution < -0.4 is 24.0 Å². The summed E-state index contributed by atoms with van der Waals surface area (Å²) in [5, 5.41) is 0. The molecule has 0 N–H and O–H groups in total. The monoisotopic (exact) mass is 438 g/mol. The van der Waals surface area contributed by atoms with E-state index in [1.54, 1.807) is 5.71 Å². The van der Waals surface area contributed by atoms with Gasteiger partial charge in [0.15, 0.2) is 5.71 Å². The van der Waals surface area contributed by atoms with E-state index in [0.29, 0.717) is 5.41 Å². The van der Waals surface area contributed by atoms with E-state index in [1.165, 1.54) is 56.5 Å². The van der Waals surface area contributed by atoms with Crippen molar-refractivity contribution < 1.29 is 28.6 Å². The van der Waals surface area contributed by atoms with Crippen LogP contribution >= 0.6 is 0 Å². The van der Waals surface area contributed by atoms with Gasteiger partial charge >= 0.3 is 0 Å². The van der Waals surface area contributed by atoms with E-state index < -0.39 is 0 Å². The smallest absolute Gasteiger partial charge is 0.178 e. The molecule has 1 fully saturated rings. The first-order chi connectivity index (χ1) is 11.0. The summed E-state index contributed by atoms with van der Waals surface area (Å²) in [5.41, 5.74) is 4.81. The maximum Gasteiger partial charge on any atom is 0.178 e. The molecule has 0 spiro atoms. The maximum atomic E-state index is 2.64. The van der Waals surface area contributed by atoms with Crippen molar-refractivity contribution in [2.24, 2.45) is 5.41 Å². The van der Waals surface area contributed by atoms with Crippen LogP contribution in [0.1, 0.15) is 51.5 Å².